The standard InChI is InChI=1S/C20H28N2O2/c1-3-15-7-9-16(10-8-15)14-21-19(24)20-12-5-4-6-17(20)22(2)18(23)11-13-20/h7-10,17H,3-6,11-14H2,1-2H3,(H,21,24)/t17-,20-/m1/s1. The van der Waals surface area contributed by atoms with Crippen molar-refractivity contribution < 1.29 is 9.59 Å². The number of fused-ring (bicyclic) bond motifs is 1. The van der Waals surface area contributed by atoms with E-state index >= 15 is 0 Å². The molecule has 2 fully saturated rings. The summed E-state index contributed by atoms with van der Waals surface area (Å²) >= 11 is 0. The summed E-state index contributed by atoms with van der Waals surface area (Å²) in [7, 11) is 1.86. The second-order valence-electron chi connectivity index (χ2n) is 7.28. The number of nitrogens with one attached hydrogen (secondary N) is 1. The lowest BCUT2D eigenvalue weighted by Gasteiger charge is -2.50. The number of nitrogens with zero attached hydrogens (tertiary/aromatic N) is 1. The van der Waals surface area contributed by atoms with Gasteiger partial charge in [-0.25, -0.2) is 0 Å². The van der Waals surface area contributed by atoms with E-state index < -0.39 is 0 Å². The Kier molecular flexibility index (Phi) is 4.93. The summed E-state index contributed by atoms with van der Waals surface area (Å²) in [6, 6.07) is 8.49. The fraction of sp³-hybridized carbons (Fsp3) is 0.600. The molecule has 130 valence electrons. The van der Waals surface area contributed by atoms with Crippen LogP contribution in [0, 0.1) is 5.41 Å². The van der Waals surface area contributed by atoms with Gasteiger partial charge in [-0.2, -0.15) is 0 Å². The lowest BCUT2D eigenvalue weighted by molar-refractivity contribution is -0.153. The molecule has 0 unspecified atom stereocenters. The third-order valence-corrected chi connectivity index (χ3v) is 5.97. The van der Waals surface area contributed by atoms with E-state index in [-0.39, 0.29) is 23.3 Å². The minimum absolute atomic E-state index is 0.0648. The fourth-order valence-electron chi connectivity index (χ4n) is 4.39. The van der Waals surface area contributed by atoms with Crippen molar-refractivity contribution in [1.82, 2.24) is 10.2 Å². The van der Waals surface area contributed by atoms with E-state index in [2.05, 4.69) is 36.5 Å². The molecule has 4 heteroatoms. The molecule has 0 aromatic heterocycles. The van der Waals surface area contributed by atoms with E-state index in [0.717, 1.165) is 37.7 Å². The average molecular weight is 328 g/mol. The molecular formula is C20H28N2O2. The number of carbonyl (C=O) groups is 2. The number of amides is 2. The Hall–Kier alpha value is -1.84. The van der Waals surface area contributed by atoms with Gasteiger partial charge < -0.3 is 10.2 Å². The van der Waals surface area contributed by atoms with Crippen molar-refractivity contribution in [3.05, 3.63) is 35.4 Å². The number of rotatable bonds is 4. The summed E-state index contributed by atoms with van der Waals surface area (Å²) < 4.78 is 0. The molecule has 1 N–H and O–H groups in total. The summed E-state index contributed by atoms with van der Waals surface area (Å²) in [5.74, 6) is 0.312. The highest BCUT2D eigenvalue weighted by molar-refractivity contribution is 5.87. The number of likely N-dealkylation sites (tertiary alicyclic amines) is 1. The maximum atomic E-state index is 13.1. The summed E-state index contributed by atoms with van der Waals surface area (Å²) in [5, 5.41) is 3.15. The maximum Gasteiger partial charge on any atom is 0.228 e. The number of aryl methyl sites for hydroxylation is 1. The Bertz CT molecular complexity index is 611. The highest BCUT2D eigenvalue weighted by atomic mass is 16.2. The molecule has 1 saturated carbocycles. The van der Waals surface area contributed by atoms with Gasteiger partial charge in [-0.3, -0.25) is 9.59 Å². The van der Waals surface area contributed by atoms with Crippen LogP contribution in [0.2, 0.25) is 0 Å². The first kappa shape index (κ1) is 17.0. The molecule has 3 rings (SSSR count). The van der Waals surface area contributed by atoms with Gasteiger partial charge in [0.2, 0.25) is 11.8 Å². The third-order valence-electron chi connectivity index (χ3n) is 5.97. The van der Waals surface area contributed by atoms with Crippen molar-refractivity contribution in [2.75, 3.05) is 7.05 Å². The molecule has 4 nitrogen and oxygen atoms in total. The first-order valence-corrected chi connectivity index (χ1v) is 9.18. The van der Waals surface area contributed by atoms with Gasteiger partial charge in [0.15, 0.2) is 0 Å². The van der Waals surface area contributed by atoms with Gasteiger partial charge in [0.25, 0.3) is 0 Å². The van der Waals surface area contributed by atoms with E-state index in [9.17, 15) is 9.59 Å². The Morgan fingerprint density at radius 2 is 1.92 bits per heavy atom. The molecule has 2 atom stereocenters. The molecule has 1 heterocycles. The zero-order chi connectivity index (χ0) is 17.2. The van der Waals surface area contributed by atoms with Crippen LogP contribution in [0.1, 0.15) is 56.6 Å². The van der Waals surface area contributed by atoms with E-state index in [1.165, 1.54) is 5.56 Å². The van der Waals surface area contributed by atoms with Gasteiger partial charge in [0, 0.05) is 26.1 Å². The van der Waals surface area contributed by atoms with Crippen LogP contribution in [-0.4, -0.2) is 29.8 Å². The van der Waals surface area contributed by atoms with Crippen molar-refractivity contribution in [2.24, 2.45) is 5.41 Å². The highest BCUT2D eigenvalue weighted by Gasteiger charge is 2.52. The second-order valence-corrected chi connectivity index (χ2v) is 7.28. The SMILES string of the molecule is CCc1ccc(CNC(=O)[C@@]23CCCC[C@H]2N(C)C(=O)CC3)cc1. The van der Waals surface area contributed by atoms with Crippen LogP contribution in [-0.2, 0) is 22.6 Å². The lowest BCUT2D eigenvalue weighted by Crippen LogP contribution is -2.60. The van der Waals surface area contributed by atoms with Crippen molar-refractivity contribution >= 4 is 11.8 Å². The number of hydrogen-bond acceptors (Lipinski definition) is 2. The number of carbonyl (C=O) groups excluding carboxylic acids is 2. The van der Waals surface area contributed by atoms with Gasteiger partial charge in [0.1, 0.15) is 0 Å². The third kappa shape index (κ3) is 3.06. The Morgan fingerprint density at radius 3 is 2.62 bits per heavy atom. The van der Waals surface area contributed by atoms with Gasteiger partial charge in [-0.1, -0.05) is 44.0 Å². The molecule has 24 heavy (non-hydrogen) atoms. The second kappa shape index (κ2) is 6.96. The molecule has 1 aliphatic heterocycles. The molecule has 2 amide bonds. The smallest absolute Gasteiger partial charge is 0.228 e. The Balaban J connectivity index is 1.70. The number of benzene rings is 1. The van der Waals surface area contributed by atoms with Crippen LogP contribution in [0.3, 0.4) is 0 Å². The molecule has 0 radical (unpaired) electrons. The van der Waals surface area contributed by atoms with E-state index in [4.69, 9.17) is 0 Å². The molecule has 0 spiro atoms. The fourth-order valence-corrected chi connectivity index (χ4v) is 4.39. The predicted molar refractivity (Wildman–Crippen MR) is 94.4 cm³/mol. The normalized spacial score (nSPS) is 26.8. The van der Waals surface area contributed by atoms with Crippen LogP contribution < -0.4 is 5.32 Å². The lowest BCUT2D eigenvalue weighted by atomic mass is 9.64. The summed E-state index contributed by atoms with van der Waals surface area (Å²) in [5.41, 5.74) is 2.05. The molecule has 1 aromatic carbocycles. The molecule has 0 bridgehead atoms. The van der Waals surface area contributed by atoms with Crippen LogP contribution in [0.15, 0.2) is 24.3 Å². The number of hydrogen-bond donors (Lipinski definition) is 1. The largest absolute Gasteiger partial charge is 0.351 e. The summed E-state index contributed by atoms with van der Waals surface area (Å²) in [4.78, 5) is 26.9. The first-order valence-electron chi connectivity index (χ1n) is 9.18. The Labute approximate surface area is 144 Å². The zero-order valence-electron chi connectivity index (χ0n) is 14.8. The molecule has 2 aliphatic rings. The van der Waals surface area contributed by atoms with Gasteiger partial charge in [-0.05, 0) is 36.8 Å². The molecule has 1 aliphatic carbocycles. The minimum atomic E-state index is -0.385. The highest BCUT2D eigenvalue weighted by Crippen LogP contribution is 2.46. The first-order chi connectivity index (χ1) is 11.6. The van der Waals surface area contributed by atoms with Crippen LogP contribution >= 0.6 is 0 Å². The van der Waals surface area contributed by atoms with Crippen LogP contribution in [0.5, 0.6) is 0 Å². The van der Waals surface area contributed by atoms with E-state index in [0.29, 0.717) is 19.4 Å². The van der Waals surface area contributed by atoms with E-state index in [1.54, 1.807) is 0 Å². The average Bonchev–Trinajstić information content (AvgIpc) is 2.63. The van der Waals surface area contributed by atoms with Gasteiger partial charge >= 0.3 is 0 Å². The monoisotopic (exact) mass is 328 g/mol. The predicted octanol–water partition coefficient (Wildman–Crippen LogP) is 3.05. The zero-order valence-corrected chi connectivity index (χ0v) is 14.8. The summed E-state index contributed by atoms with van der Waals surface area (Å²) in [6.45, 7) is 2.70. The minimum Gasteiger partial charge on any atom is -0.351 e. The van der Waals surface area contributed by atoms with Crippen LogP contribution in [0.4, 0.5) is 0 Å². The van der Waals surface area contributed by atoms with Crippen molar-refractivity contribution in [3.8, 4) is 0 Å². The van der Waals surface area contributed by atoms with E-state index in [1.807, 2.05) is 11.9 Å². The van der Waals surface area contributed by atoms with Gasteiger partial charge in [-0.15, -0.1) is 0 Å². The Morgan fingerprint density at radius 1 is 1.21 bits per heavy atom. The maximum absolute atomic E-state index is 13.1. The molecular weight excluding hydrogens is 300 g/mol. The van der Waals surface area contributed by atoms with Crippen molar-refractivity contribution in [2.45, 2.75) is 64.5 Å². The molecule has 1 saturated heterocycles. The van der Waals surface area contributed by atoms with Crippen LogP contribution in [0.25, 0.3) is 0 Å². The number of piperidine rings is 1. The van der Waals surface area contributed by atoms with Crippen molar-refractivity contribution in [1.29, 1.82) is 0 Å². The molecule has 1 aromatic rings. The quantitative estimate of drug-likeness (QED) is 0.923. The van der Waals surface area contributed by atoms with Crippen molar-refractivity contribution in [3.63, 3.8) is 0 Å². The summed E-state index contributed by atoms with van der Waals surface area (Å²) in [6.07, 6.45) is 6.24. The topological polar surface area (TPSA) is 49.4 Å². The van der Waals surface area contributed by atoms with Gasteiger partial charge in [0.05, 0.1) is 5.41 Å².